The summed E-state index contributed by atoms with van der Waals surface area (Å²) in [4.78, 5) is 12.3. The van der Waals surface area contributed by atoms with Crippen molar-refractivity contribution in [3.8, 4) is 0 Å². The zero-order valence-corrected chi connectivity index (χ0v) is 11.5. The number of halogens is 2. The highest BCUT2D eigenvalue weighted by Crippen LogP contribution is 2.23. The molecule has 2 aromatic rings. The van der Waals surface area contributed by atoms with Gasteiger partial charge in [0, 0.05) is 11.1 Å². The van der Waals surface area contributed by atoms with Gasteiger partial charge in [-0.2, -0.15) is 0 Å². The van der Waals surface area contributed by atoms with Crippen LogP contribution >= 0.6 is 15.9 Å². The third kappa shape index (κ3) is 2.33. The van der Waals surface area contributed by atoms with E-state index in [1.807, 2.05) is 12.1 Å². The van der Waals surface area contributed by atoms with E-state index in [4.69, 9.17) is 4.74 Å². The standard InChI is InChI=1S/C15H10BrFO2/c16-13-4-3-10(6-14(13)17)15(18)9-1-2-11-7-19-8-12(11)5-9/h1-6H,7-8H2. The van der Waals surface area contributed by atoms with Gasteiger partial charge < -0.3 is 4.74 Å². The van der Waals surface area contributed by atoms with Gasteiger partial charge in [-0.25, -0.2) is 4.39 Å². The molecular formula is C15H10BrFO2. The Hall–Kier alpha value is -1.52. The van der Waals surface area contributed by atoms with Crippen molar-refractivity contribution in [3.63, 3.8) is 0 Å². The maximum absolute atomic E-state index is 13.5. The monoisotopic (exact) mass is 320 g/mol. The van der Waals surface area contributed by atoms with Crippen LogP contribution in [0.15, 0.2) is 40.9 Å². The van der Waals surface area contributed by atoms with E-state index in [1.165, 1.54) is 6.07 Å². The van der Waals surface area contributed by atoms with E-state index in [2.05, 4.69) is 15.9 Å². The molecule has 0 N–H and O–H groups in total. The van der Waals surface area contributed by atoms with Gasteiger partial charge in [-0.3, -0.25) is 4.79 Å². The summed E-state index contributed by atoms with van der Waals surface area (Å²) in [7, 11) is 0. The number of fused-ring (bicyclic) bond motifs is 1. The minimum absolute atomic E-state index is 0.180. The number of carbonyl (C=O) groups is 1. The van der Waals surface area contributed by atoms with Crippen molar-refractivity contribution in [2.24, 2.45) is 0 Å². The van der Waals surface area contributed by atoms with Gasteiger partial charge in [0.2, 0.25) is 0 Å². The van der Waals surface area contributed by atoms with Gasteiger partial charge in [-0.15, -0.1) is 0 Å². The molecule has 2 nitrogen and oxygen atoms in total. The average Bonchev–Trinajstić information content (AvgIpc) is 2.88. The molecule has 1 aliphatic rings. The van der Waals surface area contributed by atoms with E-state index >= 15 is 0 Å². The summed E-state index contributed by atoms with van der Waals surface area (Å²) in [6.07, 6.45) is 0. The highest BCUT2D eigenvalue weighted by atomic mass is 79.9. The van der Waals surface area contributed by atoms with E-state index in [0.29, 0.717) is 28.8 Å². The number of carbonyl (C=O) groups excluding carboxylic acids is 1. The Balaban J connectivity index is 1.97. The lowest BCUT2D eigenvalue weighted by atomic mass is 9.99. The maximum Gasteiger partial charge on any atom is 0.193 e. The molecule has 19 heavy (non-hydrogen) atoms. The van der Waals surface area contributed by atoms with E-state index in [1.54, 1.807) is 18.2 Å². The van der Waals surface area contributed by atoms with Crippen molar-refractivity contribution >= 4 is 21.7 Å². The first-order chi connectivity index (χ1) is 9.15. The van der Waals surface area contributed by atoms with Gasteiger partial charge in [-0.05, 0) is 51.3 Å². The molecule has 0 unspecified atom stereocenters. The fraction of sp³-hybridized carbons (Fsp3) is 0.133. The second-order valence-electron chi connectivity index (χ2n) is 4.43. The molecule has 0 bridgehead atoms. The Morgan fingerprint density at radius 1 is 1.05 bits per heavy atom. The molecule has 0 aromatic heterocycles. The van der Waals surface area contributed by atoms with Gasteiger partial charge in [0.15, 0.2) is 5.78 Å². The summed E-state index contributed by atoms with van der Waals surface area (Å²) in [6, 6.07) is 9.87. The SMILES string of the molecule is O=C(c1ccc(Br)c(F)c1)c1ccc2c(c1)COC2. The quantitative estimate of drug-likeness (QED) is 0.786. The van der Waals surface area contributed by atoms with Crippen molar-refractivity contribution in [1.82, 2.24) is 0 Å². The highest BCUT2D eigenvalue weighted by Gasteiger charge is 2.16. The third-order valence-electron chi connectivity index (χ3n) is 3.17. The Bertz CT molecular complexity index is 667. The van der Waals surface area contributed by atoms with E-state index < -0.39 is 5.82 Å². The molecule has 3 rings (SSSR count). The number of hydrogen-bond donors (Lipinski definition) is 0. The van der Waals surface area contributed by atoms with Gasteiger partial charge in [-0.1, -0.05) is 12.1 Å². The Kier molecular flexibility index (Phi) is 3.21. The zero-order valence-electron chi connectivity index (χ0n) is 9.95. The Morgan fingerprint density at radius 3 is 2.53 bits per heavy atom. The van der Waals surface area contributed by atoms with E-state index in [0.717, 1.165) is 11.1 Å². The minimum atomic E-state index is -0.435. The van der Waals surface area contributed by atoms with Crippen LogP contribution in [0.25, 0.3) is 0 Å². The first kappa shape index (κ1) is 12.5. The molecule has 0 spiro atoms. The normalized spacial score (nSPS) is 13.4. The first-order valence-corrected chi connectivity index (χ1v) is 6.64. The maximum atomic E-state index is 13.5. The largest absolute Gasteiger partial charge is 0.372 e. The van der Waals surface area contributed by atoms with Crippen LogP contribution in [0.5, 0.6) is 0 Å². The van der Waals surface area contributed by atoms with Crippen LogP contribution in [0.2, 0.25) is 0 Å². The molecule has 1 heterocycles. The van der Waals surface area contributed by atoms with Gasteiger partial charge in [0.25, 0.3) is 0 Å². The van der Waals surface area contributed by atoms with E-state index in [9.17, 15) is 9.18 Å². The van der Waals surface area contributed by atoms with Crippen molar-refractivity contribution in [1.29, 1.82) is 0 Å². The van der Waals surface area contributed by atoms with Crippen LogP contribution in [0.1, 0.15) is 27.0 Å². The van der Waals surface area contributed by atoms with Crippen molar-refractivity contribution < 1.29 is 13.9 Å². The molecule has 4 heteroatoms. The molecule has 96 valence electrons. The smallest absolute Gasteiger partial charge is 0.193 e. The number of benzene rings is 2. The van der Waals surface area contributed by atoms with Crippen LogP contribution in [0.3, 0.4) is 0 Å². The molecule has 0 saturated carbocycles. The predicted octanol–water partition coefficient (Wildman–Crippen LogP) is 3.85. The number of ether oxygens (including phenoxy) is 1. The van der Waals surface area contributed by atoms with E-state index in [-0.39, 0.29) is 5.78 Å². The predicted molar refractivity (Wildman–Crippen MR) is 72.5 cm³/mol. The molecule has 2 aromatic carbocycles. The minimum Gasteiger partial charge on any atom is -0.372 e. The lowest BCUT2D eigenvalue weighted by Gasteiger charge is -2.04. The molecule has 0 radical (unpaired) electrons. The van der Waals surface area contributed by atoms with Crippen LogP contribution in [0.4, 0.5) is 4.39 Å². The second-order valence-corrected chi connectivity index (χ2v) is 5.29. The Labute approximate surface area is 118 Å². The summed E-state index contributed by atoms with van der Waals surface area (Å²) >= 11 is 3.07. The second kappa shape index (κ2) is 4.87. The molecule has 0 atom stereocenters. The lowest BCUT2D eigenvalue weighted by Crippen LogP contribution is -2.03. The summed E-state index contributed by atoms with van der Waals surface area (Å²) in [5, 5.41) is 0. The van der Waals surface area contributed by atoms with Crippen LogP contribution in [0, 0.1) is 5.82 Å². The molecule has 0 amide bonds. The molecule has 1 aliphatic heterocycles. The van der Waals surface area contributed by atoms with Gasteiger partial charge in [0.05, 0.1) is 17.7 Å². The first-order valence-electron chi connectivity index (χ1n) is 5.84. The summed E-state index contributed by atoms with van der Waals surface area (Å²) in [5.41, 5.74) is 3.05. The van der Waals surface area contributed by atoms with Crippen LogP contribution in [-0.4, -0.2) is 5.78 Å². The molecule has 0 fully saturated rings. The topological polar surface area (TPSA) is 26.3 Å². The van der Waals surface area contributed by atoms with Gasteiger partial charge >= 0.3 is 0 Å². The average molecular weight is 321 g/mol. The molecule has 0 aliphatic carbocycles. The number of hydrogen-bond acceptors (Lipinski definition) is 2. The zero-order chi connectivity index (χ0) is 13.4. The molecular weight excluding hydrogens is 311 g/mol. The fourth-order valence-corrected chi connectivity index (χ4v) is 2.36. The lowest BCUT2D eigenvalue weighted by molar-refractivity contribution is 0.103. The van der Waals surface area contributed by atoms with Crippen molar-refractivity contribution in [3.05, 3.63) is 68.9 Å². The Morgan fingerprint density at radius 2 is 1.74 bits per heavy atom. The number of ketones is 1. The van der Waals surface area contributed by atoms with Crippen molar-refractivity contribution in [2.45, 2.75) is 13.2 Å². The van der Waals surface area contributed by atoms with Crippen LogP contribution < -0.4 is 0 Å². The summed E-state index contributed by atoms with van der Waals surface area (Å²) in [5.74, 6) is -0.614. The third-order valence-corrected chi connectivity index (χ3v) is 3.81. The summed E-state index contributed by atoms with van der Waals surface area (Å²) in [6.45, 7) is 1.13. The fourth-order valence-electron chi connectivity index (χ4n) is 2.12. The molecule has 0 saturated heterocycles. The van der Waals surface area contributed by atoms with Crippen LogP contribution in [-0.2, 0) is 18.0 Å². The van der Waals surface area contributed by atoms with Gasteiger partial charge in [0.1, 0.15) is 5.82 Å². The highest BCUT2D eigenvalue weighted by molar-refractivity contribution is 9.10. The van der Waals surface area contributed by atoms with Crippen molar-refractivity contribution in [2.75, 3.05) is 0 Å². The number of rotatable bonds is 2. The summed E-state index contributed by atoms with van der Waals surface area (Å²) < 4.78 is 19.1.